The zero-order valence-corrected chi connectivity index (χ0v) is 16.2. The number of rotatable bonds is 9. The van der Waals surface area contributed by atoms with E-state index in [1.165, 1.54) is 11.9 Å². The van der Waals surface area contributed by atoms with Crippen LogP contribution in [0.3, 0.4) is 0 Å². The van der Waals surface area contributed by atoms with Gasteiger partial charge < -0.3 is 19.9 Å². The Kier molecular flexibility index (Phi) is 10.9. The Labute approximate surface area is 151 Å². The van der Waals surface area contributed by atoms with Gasteiger partial charge >= 0.3 is 0 Å². The second-order valence-corrected chi connectivity index (χ2v) is 5.46. The third-order valence-electron chi connectivity index (χ3n) is 3.76. The van der Waals surface area contributed by atoms with Gasteiger partial charge in [0.25, 0.3) is 0 Å². The smallest absolute Gasteiger partial charge is 0.242 e. The summed E-state index contributed by atoms with van der Waals surface area (Å²) in [6.07, 6.45) is 2.79. The molecule has 1 rings (SSSR count). The molecule has 0 aromatic heterocycles. The van der Waals surface area contributed by atoms with Gasteiger partial charge in [-0.3, -0.25) is 9.59 Å². The summed E-state index contributed by atoms with van der Waals surface area (Å²) in [7, 11) is 5.30. The van der Waals surface area contributed by atoms with E-state index >= 15 is 0 Å². The minimum absolute atomic E-state index is 0.215. The Morgan fingerprint density at radius 2 is 1.84 bits per heavy atom. The predicted molar refractivity (Wildman–Crippen MR) is 103 cm³/mol. The molecule has 0 heterocycles. The second-order valence-electron chi connectivity index (χ2n) is 5.46. The molecule has 140 valence electrons. The molecule has 6 heteroatoms. The molecule has 1 aromatic rings. The maximum Gasteiger partial charge on any atom is 0.242 e. The maximum absolute atomic E-state index is 12.2. The molecule has 1 atom stereocenters. The van der Waals surface area contributed by atoms with Crippen LogP contribution in [-0.4, -0.2) is 45.8 Å². The molecule has 0 radical (unpaired) electrons. The highest BCUT2D eigenvalue weighted by molar-refractivity contribution is 5.95. The van der Waals surface area contributed by atoms with E-state index in [2.05, 4.69) is 12.2 Å². The van der Waals surface area contributed by atoms with Crippen LogP contribution in [0, 0.1) is 0 Å². The van der Waals surface area contributed by atoms with E-state index in [9.17, 15) is 14.4 Å². The summed E-state index contributed by atoms with van der Waals surface area (Å²) in [5, 5.41) is 2.56. The molecule has 25 heavy (non-hydrogen) atoms. The van der Waals surface area contributed by atoms with Crippen LogP contribution in [-0.2, 0) is 20.8 Å². The standard InChI is InChI=1S/C17H25N3O3.C2H6/c1-5-13-8-9-14(16(11-13)19(3)4)20(12-22)15(7-6-10-21)17(23)18-2;1-2/h8-12,15H,5-7H2,1-4H3,(H,18,23);1-2H3. The van der Waals surface area contributed by atoms with Crippen LogP contribution in [0.2, 0.25) is 0 Å². The Bertz CT molecular complexity index is 559. The van der Waals surface area contributed by atoms with E-state index in [1.807, 2.05) is 51.0 Å². The minimum atomic E-state index is -0.714. The monoisotopic (exact) mass is 349 g/mol. The Morgan fingerprint density at radius 1 is 1.20 bits per heavy atom. The van der Waals surface area contributed by atoms with Crippen molar-refractivity contribution < 1.29 is 14.4 Å². The van der Waals surface area contributed by atoms with Gasteiger partial charge in [0.2, 0.25) is 12.3 Å². The van der Waals surface area contributed by atoms with Crippen molar-refractivity contribution in [1.82, 2.24) is 5.32 Å². The van der Waals surface area contributed by atoms with Crippen molar-refractivity contribution >= 4 is 30.0 Å². The molecule has 6 nitrogen and oxygen atoms in total. The van der Waals surface area contributed by atoms with Gasteiger partial charge in [-0.15, -0.1) is 0 Å². The highest BCUT2D eigenvalue weighted by Gasteiger charge is 2.27. The molecule has 0 spiro atoms. The van der Waals surface area contributed by atoms with Crippen molar-refractivity contribution in [3.8, 4) is 0 Å². The number of hydrogen-bond acceptors (Lipinski definition) is 4. The molecular weight excluding hydrogens is 318 g/mol. The maximum atomic E-state index is 12.2. The number of anilines is 2. The van der Waals surface area contributed by atoms with E-state index in [0.29, 0.717) is 12.1 Å². The third-order valence-corrected chi connectivity index (χ3v) is 3.76. The number of aldehydes is 1. The van der Waals surface area contributed by atoms with Crippen molar-refractivity contribution in [3.05, 3.63) is 23.8 Å². The summed E-state index contributed by atoms with van der Waals surface area (Å²) in [5.74, 6) is -0.289. The zero-order valence-electron chi connectivity index (χ0n) is 16.2. The fraction of sp³-hybridized carbons (Fsp3) is 0.526. The molecule has 1 N–H and O–H groups in total. The topological polar surface area (TPSA) is 69.7 Å². The van der Waals surface area contributed by atoms with Crippen LogP contribution in [0.25, 0.3) is 0 Å². The largest absolute Gasteiger partial charge is 0.376 e. The molecule has 0 aliphatic carbocycles. The average Bonchev–Trinajstić information content (AvgIpc) is 2.65. The molecule has 1 aromatic carbocycles. The Hall–Kier alpha value is -2.37. The van der Waals surface area contributed by atoms with Crippen molar-refractivity contribution in [3.63, 3.8) is 0 Å². The SMILES string of the molecule is CC.CCc1ccc(N(C=O)C(CCC=O)C(=O)NC)c(N(C)C)c1. The van der Waals surface area contributed by atoms with Crippen LogP contribution in [0.15, 0.2) is 18.2 Å². The molecule has 0 aliphatic rings. The van der Waals surface area contributed by atoms with Gasteiger partial charge in [-0.1, -0.05) is 26.8 Å². The van der Waals surface area contributed by atoms with Crippen LogP contribution < -0.4 is 15.1 Å². The fourth-order valence-electron chi connectivity index (χ4n) is 2.45. The number of carbonyl (C=O) groups excluding carboxylic acids is 3. The van der Waals surface area contributed by atoms with Gasteiger partial charge in [0.15, 0.2) is 0 Å². The predicted octanol–water partition coefficient (Wildman–Crippen LogP) is 2.40. The van der Waals surface area contributed by atoms with Crippen LogP contribution in [0.1, 0.15) is 39.2 Å². The lowest BCUT2D eigenvalue weighted by molar-refractivity contribution is -0.123. The Balaban J connectivity index is 0.00000277. The highest BCUT2D eigenvalue weighted by Crippen LogP contribution is 2.31. The lowest BCUT2D eigenvalue weighted by atomic mass is 10.1. The number of carbonyl (C=O) groups is 3. The second kappa shape index (κ2) is 12.1. The minimum Gasteiger partial charge on any atom is -0.376 e. The number of nitrogens with zero attached hydrogens (tertiary/aromatic N) is 2. The molecule has 0 fully saturated rings. The van der Waals surface area contributed by atoms with Gasteiger partial charge in [-0.05, 0) is 30.5 Å². The van der Waals surface area contributed by atoms with Crippen molar-refractivity contribution in [2.45, 2.75) is 46.1 Å². The lowest BCUT2D eigenvalue weighted by Crippen LogP contribution is -2.46. The van der Waals surface area contributed by atoms with E-state index in [4.69, 9.17) is 0 Å². The fourth-order valence-corrected chi connectivity index (χ4v) is 2.45. The number of benzene rings is 1. The lowest BCUT2D eigenvalue weighted by Gasteiger charge is -2.30. The summed E-state index contributed by atoms with van der Waals surface area (Å²) in [5.41, 5.74) is 2.66. The third kappa shape index (κ3) is 6.21. The summed E-state index contributed by atoms with van der Waals surface area (Å²) in [6, 6.07) is 5.08. The molecule has 1 unspecified atom stereocenters. The summed E-state index contributed by atoms with van der Waals surface area (Å²) >= 11 is 0. The first-order valence-corrected chi connectivity index (χ1v) is 8.69. The normalized spacial score (nSPS) is 10.8. The van der Waals surface area contributed by atoms with Crippen LogP contribution in [0.5, 0.6) is 0 Å². The van der Waals surface area contributed by atoms with Gasteiger partial charge in [-0.25, -0.2) is 0 Å². The average molecular weight is 349 g/mol. The van der Waals surface area contributed by atoms with E-state index < -0.39 is 6.04 Å². The van der Waals surface area contributed by atoms with Gasteiger partial charge in [0, 0.05) is 27.6 Å². The molecular formula is C19H31N3O3. The quantitative estimate of drug-likeness (QED) is 0.695. The number of aryl methyl sites for hydroxylation is 1. The number of likely N-dealkylation sites (N-methyl/N-ethyl adjacent to an activating group) is 1. The summed E-state index contributed by atoms with van der Waals surface area (Å²) < 4.78 is 0. The summed E-state index contributed by atoms with van der Waals surface area (Å²) in [4.78, 5) is 37.8. The van der Waals surface area contributed by atoms with E-state index in [1.54, 1.807) is 0 Å². The number of hydrogen-bond donors (Lipinski definition) is 1. The van der Waals surface area contributed by atoms with Gasteiger partial charge in [0.05, 0.1) is 11.4 Å². The van der Waals surface area contributed by atoms with Crippen LogP contribution >= 0.6 is 0 Å². The van der Waals surface area contributed by atoms with E-state index in [0.717, 1.165) is 24.0 Å². The molecule has 0 bridgehead atoms. The van der Waals surface area contributed by atoms with Gasteiger partial charge in [0.1, 0.15) is 12.3 Å². The first kappa shape index (κ1) is 22.6. The molecule has 0 aliphatic heterocycles. The number of amides is 2. The molecule has 0 saturated carbocycles. The van der Waals surface area contributed by atoms with Crippen molar-refractivity contribution in [2.75, 3.05) is 30.9 Å². The highest BCUT2D eigenvalue weighted by atomic mass is 16.2. The van der Waals surface area contributed by atoms with Crippen molar-refractivity contribution in [1.29, 1.82) is 0 Å². The zero-order chi connectivity index (χ0) is 19.4. The molecule has 2 amide bonds. The number of nitrogens with one attached hydrogen (secondary N) is 1. The van der Waals surface area contributed by atoms with E-state index in [-0.39, 0.29) is 18.7 Å². The summed E-state index contributed by atoms with van der Waals surface area (Å²) in [6.45, 7) is 6.06. The first-order chi connectivity index (χ1) is 12.0. The first-order valence-electron chi connectivity index (χ1n) is 8.69. The van der Waals surface area contributed by atoms with Crippen LogP contribution in [0.4, 0.5) is 11.4 Å². The van der Waals surface area contributed by atoms with Crippen molar-refractivity contribution in [2.24, 2.45) is 0 Å². The van der Waals surface area contributed by atoms with Gasteiger partial charge in [-0.2, -0.15) is 0 Å². The Morgan fingerprint density at radius 3 is 2.28 bits per heavy atom. The molecule has 0 saturated heterocycles.